The monoisotopic (exact) mass is 197 g/mol. The second kappa shape index (κ2) is 4.14. The Balaban J connectivity index is 2.04. The molecule has 0 amide bonds. The van der Waals surface area contributed by atoms with Gasteiger partial charge in [-0.15, -0.1) is 0 Å². The Bertz CT molecular complexity index is 279. The van der Waals surface area contributed by atoms with Crippen LogP contribution in [-0.2, 0) is 16.6 Å². The van der Waals surface area contributed by atoms with Gasteiger partial charge < -0.3 is 0 Å². The topological polar surface area (TPSA) is 0 Å². The quantitative estimate of drug-likeness (QED) is 0.639. The molecule has 0 nitrogen and oxygen atoms in total. The van der Waals surface area contributed by atoms with Crippen LogP contribution < -0.4 is 0 Å². The van der Waals surface area contributed by atoms with Gasteiger partial charge in [-0.25, -0.2) is 4.39 Å². The molecule has 0 saturated carbocycles. The van der Waals surface area contributed by atoms with Gasteiger partial charge in [-0.3, -0.25) is 0 Å². The van der Waals surface area contributed by atoms with E-state index in [-0.39, 0.29) is 5.82 Å². The molecule has 2 heteroatoms. The number of benzene rings is 1. The minimum atomic E-state index is -0.0260. The fourth-order valence-corrected chi connectivity index (χ4v) is 4.09. The summed E-state index contributed by atoms with van der Waals surface area (Å²) in [5, 5.41) is 0. The van der Waals surface area contributed by atoms with Crippen LogP contribution in [0.5, 0.6) is 0 Å². The van der Waals surface area contributed by atoms with Crippen molar-refractivity contribution in [2.75, 3.05) is 11.5 Å². The molecule has 0 aromatic heterocycles. The van der Waals surface area contributed by atoms with E-state index in [1.807, 2.05) is 12.1 Å². The smallest absolute Gasteiger partial charge is 0.136 e. The van der Waals surface area contributed by atoms with Gasteiger partial charge in [0, 0.05) is 5.56 Å². The maximum Gasteiger partial charge on any atom is 0.136 e. The van der Waals surface area contributed by atoms with Crippen LogP contribution in [0.2, 0.25) is 0 Å². The molecule has 1 aliphatic rings. The summed E-state index contributed by atoms with van der Waals surface area (Å²) < 4.78 is 13.2. The number of hydrogen-bond acceptors (Lipinski definition) is 0. The normalized spacial score (nSPS) is 17.9. The summed E-state index contributed by atoms with van der Waals surface area (Å²) in [7, 11) is 0.471. The zero-order valence-corrected chi connectivity index (χ0v) is 8.45. The molecule has 1 fully saturated rings. The summed E-state index contributed by atoms with van der Waals surface area (Å²) in [4.78, 5) is 0. The fourth-order valence-electron chi connectivity index (χ4n) is 1.69. The standard InChI is InChI=1S/C11H14FS/c12-11-6-2-1-5-10(11)9-13-7-3-4-8-13/h1-2,5-6H,3-4,7-9H2/q+1. The van der Waals surface area contributed by atoms with Crippen LogP contribution in [0, 0.1) is 5.82 Å². The van der Waals surface area contributed by atoms with Crippen LogP contribution in [-0.4, -0.2) is 11.5 Å². The number of rotatable bonds is 2. The lowest BCUT2D eigenvalue weighted by molar-refractivity contribution is 0.617. The largest absolute Gasteiger partial charge is 0.207 e. The van der Waals surface area contributed by atoms with Crippen LogP contribution in [0.4, 0.5) is 4.39 Å². The van der Waals surface area contributed by atoms with Gasteiger partial charge in [-0.1, -0.05) is 18.2 Å². The average molecular weight is 197 g/mol. The minimum Gasteiger partial charge on any atom is -0.207 e. The van der Waals surface area contributed by atoms with Gasteiger partial charge in [0.2, 0.25) is 0 Å². The van der Waals surface area contributed by atoms with Crippen molar-refractivity contribution in [1.29, 1.82) is 0 Å². The van der Waals surface area contributed by atoms with Crippen molar-refractivity contribution in [3.8, 4) is 0 Å². The van der Waals surface area contributed by atoms with Crippen LogP contribution in [0.3, 0.4) is 0 Å². The Labute approximate surface area is 81.5 Å². The maximum atomic E-state index is 13.2. The summed E-state index contributed by atoms with van der Waals surface area (Å²) >= 11 is 0. The van der Waals surface area contributed by atoms with Crippen molar-refractivity contribution < 1.29 is 4.39 Å². The molecule has 0 atom stereocenters. The lowest BCUT2D eigenvalue weighted by Gasteiger charge is -2.01. The maximum absolute atomic E-state index is 13.2. The summed E-state index contributed by atoms with van der Waals surface area (Å²) in [5.74, 6) is 3.57. The third kappa shape index (κ3) is 2.25. The molecule has 0 bridgehead atoms. The molecule has 1 heterocycles. The highest BCUT2D eigenvalue weighted by Gasteiger charge is 2.24. The van der Waals surface area contributed by atoms with Crippen molar-refractivity contribution in [2.45, 2.75) is 18.6 Å². The van der Waals surface area contributed by atoms with Gasteiger partial charge in [-0.2, -0.15) is 0 Å². The van der Waals surface area contributed by atoms with E-state index in [1.54, 1.807) is 12.1 Å². The number of halogens is 1. The highest BCUT2D eigenvalue weighted by Crippen LogP contribution is 2.19. The lowest BCUT2D eigenvalue weighted by Crippen LogP contribution is -2.07. The Hall–Kier alpha value is -0.500. The fraction of sp³-hybridized carbons (Fsp3) is 0.455. The molecule has 0 unspecified atom stereocenters. The predicted octanol–water partition coefficient (Wildman–Crippen LogP) is 2.74. The molecule has 0 N–H and O–H groups in total. The van der Waals surface area contributed by atoms with Gasteiger partial charge in [0.15, 0.2) is 0 Å². The first-order chi connectivity index (χ1) is 6.36. The first kappa shape index (κ1) is 9.07. The Morgan fingerprint density at radius 2 is 1.85 bits per heavy atom. The molecule has 70 valence electrons. The third-order valence-corrected chi connectivity index (χ3v) is 4.88. The Morgan fingerprint density at radius 3 is 2.54 bits per heavy atom. The molecule has 1 aromatic carbocycles. The summed E-state index contributed by atoms with van der Waals surface area (Å²) in [6.45, 7) is 0. The van der Waals surface area contributed by atoms with Crippen molar-refractivity contribution in [1.82, 2.24) is 0 Å². The molecule has 1 saturated heterocycles. The molecule has 0 spiro atoms. The van der Waals surface area contributed by atoms with Crippen molar-refractivity contribution in [2.24, 2.45) is 0 Å². The Kier molecular flexibility index (Phi) is 2.89. The van der Waals surface area contributed by atoms with E-state index < -0.39 is 0 Å². The molecular formula is C11H14FS+. The van der Waals surface area contributed by atoms with Crippen LogP contribution in [0.25, 0.3) is 0 Å². The van der Waals surface area contributed by atoms with Crippen molar-refractivity contribution >= 4 is 10.9 Å². The third-order valence-electron chi connectivity index (χ3n) is 2.43. The van der Waals surface area contributed by atoms with E-state index >= 15 is 0 Å². The van der Waals surface area contributed by atoms with Gasteiger partial charge >= 0.3 is 0 Å². The first-order valence-corrected chi connectivity index (χ1v) is 6.47. The van der Waals surface area contributed by atoms with E-state index in [9.17, 15) is 4.39 Å². The van der Waals surface area contributed by atoms with E-state index in [0.717, 1.165) is 11.3 Å². The summed E-state index contributed by atoms with van der Waals surface area (Å²) in [5.41, 5.74) is 0.910. The average Bonchev–Trinajstić information content (AvgIpc) is 2.61. The lowest BCUT2D eigenvalue weighted by atomic mass is 10.2. The summed E-state index contributed by atoms with van der Waals surface area (Å²) in [6, 6.07) is 7.17. The Morgan fingerprint density at radius 1 is 1.15 bits per heavy atom. The minimum absolute atomic E-state index is 0.0260. The van der Waals surface area contributed by atoms with Crippen molar-refractivity contribution in [3.63, 3.8) is 0 Å². The van der Waals surface area contributed by atoms with Crippen molar-refractivity contribution in [3.05, 3.63) is 35.6 Å². The molecular weight excluding hydrogens is 183 g/mol. The molecule has 0 aliphatic carbocycles. The zero-order valence-electron chi connectivity index (χ0n) is 7.63. The zero-order chi connectivity index (χ0) is 9.10. The molecule has 1 aliphatic heterocycles. The van der Waals surface area contributed by atoms with Crippen LogP contribution in [0.1, 0.15) is 18.4 Å². The van der Waals surface area contributed by atoms with Gasteiger partial charge in [0.05, 0.1) is 0 Å². The van der Waals surface area contributed by atoms with E-state index in [4.69, 9.17) is 0 Å². The van der Waals surface area contributed by atoms with Crippen LogP contribution in [0.15, 0.2) is 24.3 Å². The van der Waals surface area contributed by atoms with Gasteiger partial charge in [-0.05, 0) is 29.8 Å². The van der Waals surface area contributed by atoms with E-state index in [0.29, 0.717) is 10.9 Å². The van der Waals surface area contributed by atoms with E-state index in [1.165, 1.54) is 24.3 Å². The van der Waals surface area contributed by atoms with Crippen LogP contribution >= 0.6 is 0 Å². The molecule has 2 rings (SSSR count). The highest BCUT2D eigenvalue weighted by atomic mass is 32.2. The second-order valence-corrected chi connectivity index (χ2v) is 5.79. The second-order valence-electron chi connectivity index (χ2n) is 3.46. The molecule has 1 aromatic rings. The molecule has 13 heavy (non-hydrogen) atoms. The first-order valence-electron chi connectivity index (χ1n) is 4.74. The van der Waals surface area contributed by atoms with E-state index in [2.05, 4.69) is 0 Å². The van der Waals surface area contributed by atoms with Gasteiger partial charge in [0.1, 0.15) is 23.1 Å². The highest BCUT2D eigenvalue weighted by molar-refractivity contribution is 7.96. The van der Waals surface area contributed by atoms with Gasteiger partial charge in [0.25, 0.3) is 0 Å². The summed E-state index contributed by atoms with van der Waals surface area (Å²) in [6.07, 6.45) is 2.69. The molecule has 0 radical (unpaired) electrons. The SMILES string of the molecule is Fc1ccccc1C[S+]1CCCC1. The predicted molar refractivity (Wildman–Crippen MR) is 56.4 cm³/mol. The number of hydrogen-bond donors (Lipinski definition) is 0.